The van der Waals surface area contributed by atoms with Gasteiger partial charge in [0.15, 0.2) is 0 Å². The lowest BCUT2D eigenvalue weighted by Gasteiger charge is -2.27. The molecular weight excluding hydrogens is 553 g/mol. The van der Waals surface area contributed by atoms with Crippen molar-refractivity contribution in [2.75, 3.05) is 5.32 Å². The third kappa shape index (κ3) is 6.06. The minimum Gasteiger partial charge on any atom is -0.339 e. The highest BCUT2D eigenvalue weighted by molar-refractivity contribution is 6.29. The van der Waals surface area contributed by atoms with Crippen LogP contribution >= 0.6 is 11.6 Å². The zero-order valence-corrected chi connectivity index (χ0v) is 22.2. The van der Waals surface area contributed by atoms with Crippen LogP contribution in [0.1, 0.15) is 61.1 Å². The molecule has 2 amide bonds. The highest BCUT2D eigenvalue weighted by Crippen LogP contribution is 2.51. The number of aromatic amines is 1. The number of aryl methyl sites for hydroxylation is 1. The minimum atomic E-state index is -2.87. The maximum atomic E-state index is 15.0. The lowest BCUT2D eigenvalue weighted by Crippen LogP contribution is -2.50. The number of hydrogen-bond acceptors (Lipinski definition) is 6. The average molecular weight is 581 g/mol. The van der Waals surface area contributed by atoms with Gasteiger partial charge in [-0.2, -0.15) is 14.6 Å². The number of alkyl halides is 2. The van der Waals surface area contributed by atoms with Crippen LogP contribution in [0.2, 0.25) is 5.15 Å². The second kappa shape index (κ2) is 11.4. The number of H-pyrrole nitrogens is 1. The topological polar surface area (TPSA) is 140 Å². The van der Waals surface area contributed by atoms with Crippen LogP contribution in [-0.4, -0.2) is 54.0 Å². The van der Waals surface area contributed by atoms with Gasteiger partial charge in [-0.1, -0.05) is 11.6 Å². The van der Waals surface area contributed by atoms with Gasteiger partial charge in [0.05, 0.1) is 12.2 Å². The van der Waals surface area contributed by atoms with E-state index in [2.05, 4.69) is 31.0 Å². The van der Waals surface area contributed by atoms with Crippen molar-refractivity contribution in [2.45, 2.75) is 64.1 Å². The summed E-state index contributed by atoms with van der Waals surface area (Å²) in [6, 6.07) is 0.305. The molecule has 2 aliphatic rings. The fraction of sp³-hybridized carbons (Fsp3) is 0.520. The van der Waals surface area contributed by atoms with Crippen molar-refractivity contribution in [1.29, 1.82) is 0 Å². The molecule has 40 heavy (non-hydrogen) atoms. The van der Waals surface area contributed by atoms with Crippen molar-refractivity contribution in [2.24, 2.45) is 17.8 Å². The summed E-state index contributed by atoms with van der Waals surface area (Å²) in [6.45, 7) is 2.29. The fourth-order valence-electron chi connectivity index (χ4n) is 5.23. The first kappa shape index (κ1) is 27.9. The molecule has 3 aromatic rings. The number of amides is 2. The molecule has 3 aromatic heterocycles. The molecule has 0 spiro atoms. The quantitative estimate of drug-likeness (QED) is 0.300. The monoisotopic (exact) mass is 580 g/mol. The van der Waals surface area contributed by atoms with Crippen molar-refractivity contribution in [1.82, 2.24) is 35.1 Å². The van der Waals surface area contributed by atoms with Crippen LogP contribution in [0, 0.1) is 23.7 Å². The number of anilines is 1. The van der Waals surface area contributed by atoms with Crippen LogP contribution in [0.15, 0.2) is 29.3 Å². The summed E-state index contributed by atoms with van der Waals surface area (Å²) in [4.78, 5) is 39.1. The largest absolute Gasteiger partial charge is 0.339 e. The number of hydrogen-bond donors (Lipinski definition) is 3. The smallest absolute Gasteiger partial charge is 0.270 e. The van der Waals surface area contributed by atoms with Crippen LogP contribution in [0.5, 0.6) is 0 Å². The van der Waals surface area contributed by atoms with Gasteiger partial charge in [-0.25, -0.2) is 13.9 Å². The Morgan fingerprint density at radius 3 is 2.55 bits per heavy atom. The Labute approximate surface area is 231 Å². The summed E-state index contributed by atoms with van der Waals surface area (Å²) in [7, 11) is 0. The summed E-state index contributed by atoms with van der Waals surface area (Å²) >= 11 is 5.84. The number of nitrogens with one attached hydrogen (secondary N) is 3. The molecule has 11 nitrogen and oxygen atoms in total. The van der Waals surface area contributed by atoms with Gasteiger partial charge in [0.1, 0.15) is 22.6 Å². The van der Waals surface area contributed by atoms with Crippen molar-refractivity contribution in [3.05, 3.63) is 57.2 Å². The van der Waals surface area contributed by atoms with E-state index in [1.807, 2.05) is 6.92 Å². The summed E-state index contributed by atoms with van der Waals surface area (Å²) in [5.74, 6) is -1.88. The van der Waals surface area contributed by atoms with Crippen molar-refractivity contribution >= 4 is 29.1 Å². The van der Waals surface area contributed by atoms with Crippen LogP contribution in [0.3, 0.4) is 0 Å². The molecule has 5 rings (SSSR count). The zero-order valence-electron chi connectivity index (χ0n) is 21.5. The fourth-order valence-corrected chi connectivity index (χ4v) is 5.39. The maximum Gasteiger partial charge on any atom is 0.270 e. The van der Waals surface area contributed by atoms with Gasteiger partial charge in [0, 0.05) is 24.7 Å². The van der Waals surface area contributed by atoms with E-state index < -0.39 is 48.3 Å². The number of rotatable bonds is 12. The van der Waals surface area contributed by atoms with E-state index in [1.54, 1.807) is 6.07 Å². The second-order valence-corrected chi connectivity index (χ2v) is 10.5. The second-order valence-electron chi connectivity index (χ2n) is 10.2. The Morgan fingerprint density at radius 1 is 1.23 bits per heavy atom. The molecule has 2 saturated carbocycles. The Kier molecular flexibility index (Phi) is 7.97. The first-order valence-corrected chi connectivity index (χ1v) is 13.5. The summed E-state index contributed by atoms with van der Waals surface area (Å²) in [6.07, 6.45) is 2.52. The Balaban J connectivity index is 1.42. The first-order chi connectivity index (χ1) is 19.2. The number of halogens is 4. The summed E-state index contributed by atoms with van der Waals surface area (Å²) in [5.41, 5.74) is -1.06. The van der Waals surface area contributed by atoms with Crippen molar-refractivity contribution in [3.8, 4) is 0 Å². The lowest BCUT2D eigenvalue weighted by atomic mass is 9.88. The van der Waals surface area contributed by atoms with E-state index in [0.717, 1.165) is 42.6 Å². The normalized spacial score (nSPS) is 16.8. The van der Waals surface area contributed by atoms with Crippen molar-refractivity contribution < 1.29 is 22.8 Å². The van der Waals surface area contributed by atoms with Gasteiger partial charge in [-0.05, 0) is 62.5 Å². The third-order valence-electron chi connectivity index (χ3n) is 7.36. The van der Waals surface area contributed by atoms with E-state index in [-0.39, 0.29) is 34.2 Å². The van der Waals surface area contributed by atoms with Crippen LogP contribution in [0.4, 0.5) is 18.9 Å². The van der Waals surface area contributed by atoms with Gasteiger partial charge in [0.2, 0.25) is 12.3 Å². The molecule has 1 unspecified atom stereocenters. The van der Waals surface area contributed by atoms with Crippen LogP contribution in [-0.2, 0) is 11.3 Å². The molecule has 0 aromatic carbocycles. The molecule has 214 valence electrons. The first-order valence-electron chi connectivity index (χ1n) is 13.1. The molecule has 2 aliphatic carbocycles. The number of carbonyl (C=O) groups excluding carboxylic acids is 2. The highest BCUT2D eigenvalue weighted by atomic mass is 35.5. The molecular formula is C25H28ClF3N8O3. The standard InChI is InChI=1S/C25H28ClF3N8O3/c1-2-36-16(7-8-30-36)24(39)32-21(20(12-3-4-12)13-5-6-13)25(40)31-15-11-37(35-22(15)29)17(10-19(27)28)14-9-18(26)33-34-23(14)38/h7-9,11-13,17,19-21H,2-6,10H2,1H3,(H,31,40)(H,32,39)(H,34,38)/t17?,21-/m0/s1. The average Bonchev–Trinajstić information content (AvgIpc) is 3.85. The molecule has 3 N–H and O–H groups in total. The maximum absolute atomic E-state index is 15.0. The minimum absolute atomic E-state index is 0.135. The summed E-state index contributed by atoms with van der Waals surface area (Å²) in [5, 5.41) is 18.6. The molecule has 2 fully saturated rings. The summed E-state index contributed by atoms with van der Waals surface area (Å²) < 4.78 is 44.2. The molecule has 0 aliphatic heterocycles. The van der Waals surface area contributed by atoms with E-state index in [4.69, 9.17) is 11.6 Å². The predicted molar refractivity (Wildman–Crippen MR) is 138 cm³/mol. The van der Waals surface area contributed by atoms with Gasteiger partial charge >= 0.3 is 0 Å². The predicted octanol–water partition coefficient (Wildman–Crippen LogP) is 3.39. The Bertz CT molecular complexity index is 1440. The highest BCUT2D eigenvalue weighted by Gasteiger charge is 2.48. The number of nitrogens with zero attached hydrogens (tertiary/aromatic N) is 5. The molecule has 3 heterocycles. The van der Waals surface area contributed by atoms with Gasteiger partial charge < -0.3 is 10.6 Å². The van der Waals surface area contributed by atoms with E-state index in [1.165, 1.54) is 10.9 Å². The number of aromatic nitrogens is 6. The van der Waals surface area contributed by atoms with Crippen LogP contribution in [0.25, 0.3) is 0 Å². The Morgan fingerprint density at radius 2 is 1.93 bits per heavy atom. The molecule has 0 bridgehead atoms. The van der Waals surface area contributed by atoms with Gasteiger partial charge in [-0.15, -0.1) is 5.10 Å². The third-order valence-corrected chi connectivity index (χ3v) is 7.55. The van der Waals surface area contributed by atoms with Crippen LogP contribution < -0.4 is 16.2 Å². The van der Waals surface area contributed by atoms with Gasteiger partial charge in [-0.3, -0.25) is 23.7 Å². The molecule has 15 heteroatoms. The SMILES string of the molecule is CCn1nccc1C(=O)N[C@H](C(=O)Nc1cn(C(CC(F)F)c2cc(Cl)n[nH]c2=O)nc1F)C(C1CC1)C1CC1. The lowest BCUT2D eigenvalue weighted by molar-refractivity contribution is -0.119. The Hall–Kier alpha value is -3.68. The van der Waals surface area contributed by atoms with Crippen molar-refractivity contribution in [3.63, 3.8) is 0 Å². The van der Waals surface area contributed by atoms with Gasteiger partial charge in [0.25, 0.3) is 17.4 Å². The molecule has 2 atom stereocenters. The number of carbonyl (C=O) groups is 2. The van der Waals surface area contributed by atoms with E-state index >= 15 is 0 Å². The molecule has 0 saturated heterocycles. The zero-order chi connectivity index (χ0) is 28.6. The molecule has 0 radical (unpaired) electrons. The van der Waals surface area contributed by atoms with E-state index in [0.29, 0.717) is 12.2 Å². The van der Waals surface area contributed by atoms with E-state index in [9.17, 15) is 27.6 Å².